The number of anilines is 1. The average Bonchev–Trinajstić information content (AvgIpc) is 2.86. The van der Waals surface area contributed by atoms with Crippen molar-refractivity contribution in [1.82, 2.24) is 19.5 Å². The summed E-state index contributed by atoms with van der Waals surface area (Å²) in [6, 6.07) is 5.10. The van der Waals surface area contributed by atoms with Crippen LogP contribution in [-0.4, -0.2) is 26.1 Å². The zero-order valence-electron chi connectivity index (χ0n) is 10.8. The molecular formula is C13H11Cl2N5O. The van der Waals surface area contributed by atoms with E-state index in [9.17, 15) is 0 Å². The van der Waals surface area contributed by atoms with Crippen molar-refractivity contribution in [2.45, 2.75) is 6.54 Å². The van der Waals surface area contributed by atoms with Crippen LogP contribution in [0.5, 0.6) is 5.75 Å². The third-order valence-corrected chi connectivity index (χ3v) is 3.44. The first-order valence-electron chi connectivity index (χ1n) is 6.14. The van der Waals surface area contributed by atoms with E-state index in [1.54, 1.807) is 24.5 Å². The average molecular weight is 324 g/mol. The summed E-state index contributed by atoms with van der Waals surface area (Å²) in [4.78, 5) is 12.3. The number of halogens is 2. The zero-order valence-corrected chi connectivity index (χ0v) is 12.3. The molecule has 0 aliphatic heterocycles. The van der Waals surface area contributed by atoms with Gasteiger partial charge in [0.25, 0.3) is 0 Å². The number of nitrogens with zero attached hydrogens (tertiary/aromatic N) is 4. The monoisotopic (exact) mass is 323 g/mol. The first-order chi connectivity index (χ1) is 10.1. The SMILES string of the molecule is Nc1ncnc2c1ncn2CCOc1ccc(Cl)cc1Cl. The molecule has 3 rings (SSSR count). The number of rotatable bonds is 4. The van der Waals surface area contributed by atoms with Gasteiger partial charge in [0, 0.05) is 5.02 Å². The van der Waals surface area contributed by atoms with Gasteiger partial charge in [-0.25, -0.2) is 15.0 Å². The molecule has 2 aromatic heterocycles. The van der Waals surface area contributed by atoms with Gasteiger partial charge in [-0.15, -0.1) is 0 Å². The molecule has 1 aromatic carbocycles. The molecule has 0 spiro atoms. The summed E-state index contributed by atoms with van der Waals surface area (Å²) in [5.74, 6) is 0.944. The summed E-state index contributed by atoms with van der Waals surface area (Å²) < 4.78 is 7.47. The Balaban J connectivity index is 1.71. The molecule has 0 saturated carbocycles. The van der Waals surface area contributed by atoms with E-state index in [1.807, 2.05) is 4.57 Å². The molecular weight excluding hydrogens is 313 g/mol. The largest absolute Gasteiger partial charge is 0.490 e. The Kier molecular flexibility index (Phi) is 3.81. The van der Waals surface area contributed by atoms with Gasteiger partial charge in [-0.05, 0) is 18.2 Å². The fourth-order valence-electron chi connectivity index (χ4n) is 1.91. The molecule has 0 radical (unpaired) electrons. The van der Waals surface area contributed by atoms with Crippen LogP contribution in [0.25, 0.3) is 11.2 Å². The minimum atomic E-state index is 0.361. The van der Waals surface area contributed by atoms with E-state index in [-0.39, 0.29) is 0 Å². The van der Waals surface area contributed by atoms with Crippen LogP contribution in [-0.2, 0) is 6.54 Å². The Bertz CT molecular complexity index is 789. The van der Waals surface area contributed by atoms with Gasteiger partial charge in [0.15, 0.2) is 11.5 Å². The molecule has 0 bridgehead atoms. The maximum Gasteiger partial charge on any atom is 0.165 e. The first-order valence-corrected chi connectivity index (χ1v) is 6.90. The van der Waals surface area contributed by atoms with Crippen LogP contribution in [0.3, 0.4) is 0 Å². The predicted octanol–water partition coefficient (Wildman–Crippen LogP) is 2.79. The molecule has 0 aliphatic carbocycles. The van der Waals surface area contributed by atoms with E-state index in [0.717, 1.165) is 0 Å². The van der Waals surface area contributed by atoms with Crippen molar-refractivity contribution in [3.63, 3.8) is 0 Å². The van der Waals surface area contributed by atoms with Gasteiger partial charge in [-0.2, -0.15) is 0 Å². The van der Waals surface area contributed by atoms with Gasteiger partial charge in [-0.3, -0.25) is 0 Å². The number of benzene rings is 1. The van der Waals surface area contributed by atoms with Crippen LogP contribution in [0.15, 0.2) is 30.9 Å². The molecule has 0 amide bonds. The van der Waals surface area contributed by atoms with Crippen LogP contribution in [0.4, 0.5) is 5.82 Å². The highest BCUT2D eigenvalue weighted by Gasteiger charge is 2.08. The minimum absolute atomic E-state index is 0.361. The third kappa shape index (κ3) is 2.86. The number of hydrogen-bond donors (Lipinski definition) is 1. The lowest BCUT2D eigenvalue weighted by molar-refractivity contribution is 0.300. The van der Waals surface area contributed by atoms with Gasteiger partial charge < -0.3 is 15.0 Å². The number of aromatic nitrogens is 4. The Labute approximate surface area is 130 Å². The molecule has 21 heavy (non-hydrogen) atoms. The lowest BCUT2D eigenvalue weighted by Gasteiger charge is -2.09. The molecule has 2 N–H and O–H groups in total. The van der Waals surface area contributed by atoms with Gasteiger partial charge in [0.2, 0.25) is 0 Å². The number of nitrogen functional groups attached to an aromatic ring is 1. The zero-order chi connectivity index (χ0) is 14.8. The maximum atomic E-state index is 6.04. The third-order valence-electron chi connectivity index (χ3n) is 2.91. The van der Waals surface area contributed by atoms with Crippen LogP contribution in [0, 0.1) is 0 Å². The number of imidazole rings is 1. The van der Waals surface area contributed by atoms with E-state index in [1.165, 1.54) is 6.33 Å². The van der Waals surface area contributed by atoms with Crippen molar-refractivity contribution >= 4 is 40.2 Å². The predicted molar refractivity (Wildman–Crippen MR) is 81.7 cm³/mol. The van der Waals surface area contributed by atoms with Crippen LogP contribution >= 0.6 is 23.2 Å². The van der Waals surface area contributed by atoms with E-state index in [4.69, 9.17) is 33.7 Å². The lowest BCUT2D eigenvalue weighted by atomic mass is 10.3. The fourth-order valence-corrected chi connectivity index (χ4v) is 2.37. The number of hydrogen-bond acceptors (Lipinski definition) is 5. The van der Waals surface area contributed by atoms with Gasteiger partial charge >= 0.3 is 0 Å². The van der Waals surface area contributed by atoms with Crippen LogP contribution in [0.2, 0.25) is 10.0 Å². The quantitative estimate of drug-likeness (QED) is 0.798. The summed E-state index contributed by atoms with van der Waals surface area (Å²) >= 11 is 11.9. The summed E-state index contributed by atoms with van der Waals surface area (Å²) in [6.07, 6.45) is 3.06. The Morgan fingerprint density at radius 1 is 1.19 bits per heavy atom. The van der Waals surface area contributed by atoms with Crippen molar-refractivity contribution in [3.05, 3.63) is 40.9 Å². The molecule has 6 nitrogen and oxygen atoms in total. The second-order valence-electron chi connectivity index (χ2n) is 4.29. The van der Waals surface area contributed by atoms with Crippen molar-refractivity contribution in [2.24, 2.45) is 0 Å². The van der Waals surface area contributed by atoms with E-state index < -0.39 is 0 Å². The standard InChI is InChI=1S/C13H11Cl2N5O/c14-8-1-2-10(9(15)5-8)21-4-3-20-7-19-11-12(16)17-6-18-13(11)20/h1-2,5-7H,3-4H2,(H2,16,17,18). The van der Waals surface area contributed by atoms with Crippen LogP contribution in [0.1, 0.15) is 0 Å². The molecule has 0 unspecified atom stereocenters. The molecule has 0 atom stereocenters. The molecule has 0 saturated heterocycles. The van der Waals surface area contributed by atoms with Crippen molar-refractivity contribution in [2.75, 3.05) is 12.3 Å². The fraction of sp³-hybridized carbons (Fsp3) is 0.154. The Hall–Kier alpha value is -2.05. The lowest BCUT2D eigenvalue weighted by Crippen LogP contribution is -2.08. The highest BCUT2D eigenvalue weighted by atomic mass is 35.5. The van der Waals surface area contributed by atoms with E-state index >= 15 is 0 Å². The second kappa shape index (κ2) is 5.75. The molecule has 3 aromatic rings. The molecule has 0 aliphatic rings. The van der Waals surface area contributed by atoms with Crippen molar-refractivity contribution < 1.29 is 4.74 Å². The van der Waals surface area contributed by atoms with Crippen molar-refractivity contribution in [1.29, 1.82) is 0 Å². The smallest absolute Gasteiger partial charge is 0.165 e. The molecule has 8 heteroatoms. The first kappa shape index (κ1) is 13.9. The number of ether oxygens (including phenoxy) is 1. The van der Waals surface area contributed by atoms with E-state index in [0.29, 0.717) is 45.9 Å². The Morgan fingerprint density at radius 3 is 2.86 bits per heavy atom. The highest BCUT2D eigenvalue weighted by molar-refractivity contribution is 6.35. The minimum Gasteiger partial charge on any atom is -0.490 e. The summed E-state index contributed by atoms with van der Waals surface area (Å²) in [7, 11) is 0. The molecule has 2 heterocycles. The summed E-state index contributed by atoms with van der Waals surface area (Å²) in [5, 5.41) is 1.05. The van der Waals surface area contributed by atoms with Gasteiger partial charge in [0.05, 0.1) is 17.9 Å². The summed E-state index contributed by atoms with van der Waals surface area (Å²) in [6.45, 7) is 0.975. The summed E-state index contributed by atoms with van der Waals surface area (Å²) in [5.41, 5.74) is 6.99. The normalized spacial score (nSPS) is 11.0. The molecule has 0 fully saturated rings. The van der Waals surface area contributed by atoms with Crippen LogP contribution < -0.4 is 10.5 Å². The van der Waals surface area contributed by atoms with Crippen molar-refractivity contribution in [3.8, 4) is 5.75 Å². The topological polar surface area (TPSA) is 78.9 Å². The van der Waals surface area contributed by atoms with E-state index in [2.05, 4.69) is 15.0 Å². The Morgan fingerprint density at radius 2 is 2.05 bits per heavy atom. The van der Waals surface area contributed by atoms with Gasteiger partial charge in [0.1, 0.15) is 24.2 Å². The number of nitrogens with two attached hydrogens (primary N) is 1. The highest BCUT2D eigenvalue weighted by Crippen LogP contribution is 2.27. The van der Waals surface area contributed by atoms with Gasteiger partial charge in [-0.1, -0.05) is 23.2 Å². The molecule has 108 valence electrons. The maximum absolute atomic E-state index is 6.04. The number of fused-ring (bicyclic) bond motifs is 1. The second-order valence-corrected chi connectivity index (χ2v) is 5.14.